The predicted octanol–water partition coefficient (Wildman–Crippen LogP) is 3.22. The van der Waals surface area contributed by atoms with Gasteiger partial charge in [-0.05, 0) is 36.5 Å². The minimum atomic E-state index is 0.431. The number of aromatic amines is 1. The fourth-order valence-corrected chi connectivity index (χ4v) is 2.66. The molecule has 1 N–H and O–H groups in total. The number of nitrogens with one attached hydrogen (secondary N) is 1. The highest BCUT2D eigenvalue weighted by molar-refractivity contribution is 9.10. The van der Waals surface area contributed by atoms with Gasteiger partial charge in [0.25, 0.3) is 0 Å². The lowest BCUT2D eigenvalue weighted by Crippen LogP contribution is -2.00. The molecule has 2 rings (SSSR count). The number of hydrogen-bond donors (Lipinski definition) is 1. The van der Waals surface area contributed by atoms with Crippen LogP contribution >= 0.6 is 15.9 Å². The van der Waals surface area contributed by atoms with Crippen molar-refractivity contribution in [3.8, 4) is 0 Å². The molecule has 0 aliphatic carbocycles. The molecule has 16 heavy (non-hydrogen) atoms. The van der Waals surface area contributed by atoms with E-state index in [1.807, 2.05) is 0 Å². The van der Waals surface area contributed by atoms with Crippen molar-refractivity contribution in [2.75, 3.05) is 0 Å². The van der Waals surface area contributed by atoms with Gasteiger partial charge in [-0.15, -0.1) is 0 Å². The Hall–Kier alpha value is -1.16. The van der Waals surface area contributed by atoms with Crippen molar-refractivity contribution in [1.82, 2.24) is 15.4 Å². The van der Waals surface area contributed by atoms with E-state index < -0.39 is 0 Å². The minimum Gasteiger partial charge on any atom is -0.198 e. The first-order valence-corrected chi connectivity index (χ1v) is 6.07. The summed E-state index contributed by atoms with van der Waals surface area (Å²) in [6.07, 6.45) is 2.68. The Bertz CT molecular complexity index is 465. The molecule has 0 bridgehead atoms. The second-order valence-corrected chi connectivity index (χ2v) is 4.95. The molecule has 0 aliphatic heterocycles. The largest absolute Gasteiger partial charge is 0.198 e. The lowest BCUT2D eigenvalue weighted by Gasteiger charge is -2.12. The molecule has 2 aromatic rings. The standard InChI is InChI=1S/C12H14BrN3/c1-8-3-4-11(12(13)5-8)9(2)6-10-7-14-16-15-10/h3-5,7,9H,6H2,1-2H3,(H,14,15,16). The molecule has 0 spiro atoms. The lowest BCUT2D eigenvalue weighted by molar-refractivity contribution is 0.732. The van der Waals surface area contributed by atoms with E-state index in [1.54, 1.807) is 6.20 Å². The molecule has 0 fully saturated rings. The topological polar surface area (TPSA) is 41.6 Å². The fraction of sp³-hybridized carbons (Fsp3) is 0.333. The Balaban J connectivity index is 2.17. The molecule has 0 saturated carbocycles. The Morgan fingerprint density at radius 2 is 2.25 bits per heavy atom. The highest BCUT2D eigenvalue weighted by atomic mass is 79.9. The molecule has 0 amide bonds. The van der Waals surface area contributed by atoms with Crippen LogP contribution in [0.3, 0.4) is 0 Å². The van der Waals surface area contributed by atoms with Gasteiger partial charge in [0, 0.05) is 4.47 Å². The van der Waals surface area contributed by atoms with Crippen LogP contribution in [0.4, 0.5) is 0 Å². The van der Waals surface area contributed by atoms with Crippen LogP contribution in [0.5, 0.6) is 0 Å². The minimum absolute atomic E-state index is 0.431. The first-order chi connectivity index (χ1) is 7.66. The van der Waals surface area contributed by atoms with E-state index >= 15 is 0 Å². The van der Waals surface area contributed by atoms with Crippen LogP contribution in [-0.2, 0) is 6.42 Å². The van der Waals surface area contributed by atoms with Crippen LogP contribution in [0.2, 0.25) is 0 Å². The van der Waals surface area contributed by atoms with E-state index in [9.17, 15) is 0 Å². The van der Waals surface area contributed by atoms with Crippen molar-refractivity contribution in [1.29, 1.82) is 0 Å². The molecule has 84 valence electrons. The maximum Gasteiger partial charge on any atom is 0.0830 e. The summed E-state index contributed by atoms with van der Waals surface area (Å²) in [5.74, 6) is 0.431. The van der Waals surface area contributed by atoms with Gasteiger partial charge < -0.3 is 0 Å². The molecule has 0 aliphatic rings. The molecule has 3 nitrogen and oxygen atoms in total. The fourth-order valence-electron chi connectivity index (χ4n) is 1.78. The maximum atomic E-state index is 4.08. The molecule has 1 aromatic carbocycles. The van der Waals surface area contributed by atoms with Crippen molar-refractivity contribution in [3.63, 3.8) is 0 Å². The van der Waals surface area contributed by atoms with Crippen LogP contribution in [0.15, 0.2) is 28.9 Å². The van der Waals surface area contributed by atoms with Crippen LogP contribution in [0, 0.1) is 6.92 Å². The van der Waals surface area contributed by atoms with Crippen molar-refractivity contribution in [3.05, 3.63) is 45.7 Å². The van der Waals surface area contributed by atoms with Crippen molar-refractivity contribution in [2.24, 2.45) is 0 Å². The highest BCUT2D eigenvalue weighted by Crippen LogP contribution is 2.27. The summed E-state index contributed by atoms with van der Waals surface area (Å²) in [5, 5.41) is 10.5. The number of halogens is 1. The molecule has 1 atom stereocenters. The smallest absolute Gasteiger partial charge is 0.0830 e. The number of rotatable bonds is 3. The molecule has 1 unspecified atom stereocenters. The Kier molecular flexibility index (Phi) is 3.39. The van der Waals surface area contributed by atoms with Gasteiger partial charge in [0.05, 0.1) is 11.9 Å². The van der Waals surface area contributed by atoms with Gasteiger partial charge in [0.1, 0.15) is 0 Å². The number of aromatic nitrogens is 3. The quantitative estimate of drug-likeness (QED) is 0.937. The third-order valence-electron chi connectivity index (χ3n) is 2.67. The van der Waals surface area contributed by atoms with E-state index in [0.717, 1.165) is 12.1 Å². The summed E-state index contributed by atoms with van der Waals surface area (Å²) in [5.41, 5.74) is 3.58. The van der Waals surface area contributed by atoms with E-state index in [0.29, 0.717) is 5.92 Å². The summed E-state index contributed by atoms with van der Waals surface area (Å²) in [6.45, 7) is 4.29. The predicted molar refractivity (Wildman–Crippen MR) is 67.4 cm³/mol. The van der Waals surface area contributed by atoms with Gasteiger partial charge in [-0.2, -0.15) is 15.4 Å². The maximum absolute atomic E-state index is 4.08. The van der Waals surface area contributed by atoms with Gasteiger partial charge >= 0.3 is 0 Å². The van der Waals surface area contributed by atoms with Crippen LogP contribution in [0.1, 0.15) is 29.7 Å². The van der Waals surface area contributed by atoms with Crippen LogP contribution in [0.25, 0.3) is 0 Å². The van der Waals surface area contributed by atoms with Gasteiger partial charge in [0.2, 0.25) is 0 Å². The molecule has 0 radical (unpaired) electrons. The summed E-state index contributed by atoms with van der Waals surface area (Å²) >= 11 is 3.61. The third-order valence-corrected chi connectivity index (χ3v) is 3.35. The number of hydrogen-bond acceptors (Lipinski definition) is 2. The first-order valence-electron chi connectivity index (χ1n) is 5.27. The van der Waals surface area contributed by atoms with E-state index in [4.69, 9.17) is 0 Å². The molecular weight excluding hydrogens is 266 g/mol. The Morgan fingerprint density at radius 3 is 2.88 bits per heavy atom. The van der Waals surface area contributed by atoms with Gasteiger partial charge in [-0.1, -0.05) is 35.0 Å². The summed E-state index contributed by atoms with van der Waals surface area (Å²) in [7, 11) is 0. The summed E-state index contributed by atoms with van der Waals surface area (Å²) < 4.78 is 1.17. The Labute approximate surface area is 103 Å². The first kappa shape index (κ1) is 11.3. The van der Waals surface area contributed by atoms with Gasteiger partial charge in [0.15, 0.2) is 0 Å². The summed E-state index contributed by atoms with van der Waals surface area (Å²) in [6, 6.07) is 6.46. The molecular formula is C12H14BrN3. The molecule has 4 heteroatoms. The van der Waals surface area contributed by atoms with Crippen LogP contribution in [-0.4, -0.2) is 15.4 Å². The zero-order chi connectivity index (χ0) is 11.5. The highest BCUT2D eigenvalue weighted by Gasteiger charge is 2.11. The lowest BCUT2D eigenvalue weighted by atomic mass is 9.96. The normalized spacial score (nSPS) is 12.7. The van der Waals surface area contributed by atoms with Crippen LogP contribution < -0.4 is 0 Å². The molecule has 1 aromatic heterocycles. The number of nitrogens with zero attached hydrogens (tertiary/aromatic N) is 2. The number of aryl methyl sites for hydroxylation is 1. The SMILES string of the molecule is Cc1ccc(C(C)Cc2cn[nH]n2)c(Br)c1. The van der Waals surface area contributed by atoms with Gasteiger partial charge in [-0.3, -0.25) is 0 Å². The van der Waals surface area contributed by atoms with Crippen molar-refractivity contribution in [2.45, 2.75) is 26.2 Å². The van der Waals surface area contributed by atoms with E-state index in [2.05, 4.69) is 63.4 Å². The van der Waals surface area contributed by atoms with E-state index in [-0.39, 0.29) is 0 Å². The number of H-pyrrole nitrogens is 1. The van der Waals surface area contributed by atoms with Crippen molar-refractivity contribution < 1.29 is 0 Å². The average Bonchev–Trinajstić information content (AvgIpc) is 2.70. The zero-order valence-corrected chi connectivity index (χ0v) is 11.0. The van der Waals surface area contributed by atoms with Crippen molar-refractivity contribution >= 4 is 15.9 Å². The number of benzene rings is 1. The Morgan fingerprint density at radius 1 is 1.44 bits per heavy atom. The average molecular weight is 280 g/mol. The monoisotopic (exact) mass is 279 g/mol. The zero-order valence-electron chi connectivity index (χ0n) is 9.37. The molecule has 0 saturated heterocycles. The van der Waals surface area contributed by atoms with Gasteiger partial charge in [-0.25, -0.2) is 0 Å². The summed E-state index contributed by atoms with van der Waals surface area (Å²) in [4.78, 5) is 0. The third kappa shape index (κ3) is 2.50. The second kappa shape index (κ2) is 4.78. The van der Waals surface area contributed by atoms with E-state index in [1.165, 1.54) is 15.6 Å². The second-order valence-electron chi connectivity index (χ2n) is 4.09. The molecule has 1 heterocycles.